The van der Waals surface area contributed by atoms with Gasteiger partial charge in [-0.05, 0) is 43.7 Å². The van der Waals surface area contributed by atoms with Gasteiger partial charge in [0.25, 0.3) is 0 Å². The third-order valence-electron chi connectivity index (χ3n) is 4.68. The lowest BCUT2D eigenvalue weighted by molar-refractivity contribution is -0.150. The first-order valence-corrected chi connectivity index (χ1v) is 8.34. The molecule has 1 saturated carbocycles. The van der Waals surface area contributed by atoms with Crippen LogP contribution in [0.1, 0.15) is 31.2 Å². The molecule has 1 aliphatic heterocycles. The van der Waals surface area contributed by atoms with E-state index in [1.807, 2.05) is 0 Å². The molecule has 1 heterocycles. The molecule has 124 valence electrons. The Morgan fingerprint density at radius 3 is 2.65 bits per heavy atom. The molecule has 1 fully saturated rings. The van der Waals surface area contributed by atoms with E-state index in [2.05, 4.69) is 0 Å². The zero-order valence-corrected chi connectivity index (χ0v) is 14.3. The van der Waals surface area contributed by atoms with E-state index in [1.54, 1.807) is 25.3 Å². The average molecular weight is 357 g/mol. The van der Waals surface area contributed by atoms with Crippen molar-refractivity contribution in [1.29, 1.82) is 0 Å². The van der Waals surface area contributed by atoms with Crippen molar-refractivity contribution in [2.75, 3.05) is 13.7 Å². The third-order valence-corrected chi connectivity index (χ3v) is 5.22. The SMILES string of the molecule is COCC1CCC2(CC1)OC(=O)C(c1ccc(Cl)cc1Cl)=C2O. The van der Waals surface area contributed by atoms with Gasteiger partial charge in [0.15, 0.2) is 11.4 Å². The summed E-state index contributed by atoms with van der Waals surface area (Å²) >= 11 is 12.1. The summed E-state index contributed by atoms with van der Waals surface area (Å²) in [5.74, 6) is -0.111. The Kier molecular flexibility index (Phi) is 4.59. The van der Waals surface area contributed by atoms with E-state index < -0.39 is 11.6 Å². The van der Waals surface area contributed by atoms with E-state index >= 15 is 0 Å². The second kappa shape index (κ2) is 6.34. The molecule has 1 aliphatic carbocycles. The monoisotopic (exact) mass is 356 g/mol. The Labute approximate surface area is 145 Å². The molecule has 1 N–H and O–H groups in total. The van der Waals surface area contributed by atoms with Crippen molar-refractivity contribution >= 4 is 34.7 Å². The molecule has 4 nitrogen and oxygen atoms in total. The predicted octanol–water partition coefficient (Wildman–Crippen LogP) is 4.39. The lowest BCUT2D eigenvalue weighted by Crippen LogP contribution is -2.37. The minimum absolute atomic E-state index is 0.0115. The van der Waals surface area contributed by atoms with Gasteiger partial charge >= 0.3 is 5.97 Å². The third kappa shape index (κ3) is 2.95. The molecule has 0 atom stereocenters. The Hall–Kier alpha value is -1.23. The van der Waals surface area contributed by atoms with Gasteiger partial charge < -0.3 is 14.6 Å². The van der Waals surface area contributed by atoms with Crippen LogP contribution in [0, 0.1) is 5.92 Å². The topological polar surface area (TPSA) is 55.8 Å². The maximum atomic E-state index is 12.3. The van der Waals surface area contributed by atoms with Crippen molar-refractivity contribution < 1.29 is 19.4 Å². The maximum Gasteiger partial charge on any atom is 0.343 e. The predicted molar refractivity (Wildman–Crippen MR) is 88.7 cm³/mol. The van der Waals surface area contributed by atoms with E-state index in [0.717, 1.165) is 12.8 Å². The molecule has 6 heteroatoms. The fraction of sp³-hybridized carbons (Fsp3) is 0.471. The number of benzene rings is 1. The van der Waals surface area contributed by atoms with Crippen molar-refractivity contribution in [1.82, 2.24) is 0 Å². The Bertz CT molecular complexity index is 661. The first-order valence-electron chi connectivity index (χ1n) is 7.58. The molecule has 0 saturated heterocycles. The van der Waals surface area contributed by atoms with Crippen LogP contribution in [0.2, 0.25) is 10.0 Å². The summed E-state index contributed by atoms with van der Waals surface area (Å²) in [6, 6.07) is 4.82. The van der Waals surface area contributed by atoms with Gasteiger partial charge in [0, 0.05) is 24.3 Å². The van der Waals surface area contributed by atoms with Crippen LogP contribution in [0.3, 0.4) is 0 Å². The number of halogens is 2. The molecule has 1 spiro atoms. The number of methoxy groups -OCH3 is 1. The maximum absolute atomic E-state index is 12.3. The van der Waals surface area contributed by atoms with Gasteiger partial charge in [0.05, 0.1) is 5.02 Å². The second-order valence-electron chi connectivity index (χ2n) is 6.13. The number of hydrogen-bond acceptors (Lipinski definition) is 4. The van der Waals surface area contributed by atoms with Crippen LogP contribution in [-0.2, 0) is 14.3 Å². The normalized spacial score (nSPS) is 27.6. The van der Waals surface area contributed by atoms with Crippen molar-refractivity contribution in [3.63, 3.8) is 0 Å². The Morgan fingerprint density at radius 2 is 2.04 bits per heavy atom. The van der Waals surface area contributed by atoms with E-state index in [1.165, 1.54) is 0 Å². The number of esters is 1. The summed E-state index contributed by atoms with van der Waals surface area (Å²) in [5.41, 5.74) is -0.314. The van der Waals surface area contributed by atoms with Gasteiger partial charge in [-0.15, -0.1) is 0 Å². The number of ether oxygens (including phenoxy) is 2. The largest absolute Gasteiger partial charge is 0.507 e. The fourth-order valence-electron chi connectivity index (χ4n) is 3.42. The lowest BCUT2D eigenvalue weighted by Gasteiger charge is -2.35. The molecular weight excluding hydrogens is 339 g/mol. The molecule has 23 heavy (non-hydrogen) atoms. The standard InChI is InChI=1S/C17H18Cl2O4/c1-22-9-10-4-6-17(7-5-10)15(20)14(16(21)23-17)12-3-2-11(18)8-13(12)19/h2-3,8,10,20H,4-7,9H2,1H3. The highest BCUT2D eigenvalue weighted by molar-refractivity contribution is 6.37. The van der Waals surface area contributed by atoms with Crippen molar-refractivity contribution in [3.05, 3.63) is 39.6 Å². The summed E-state index contributed by atoms with van der Waals surface area (Å²) < 4.78 is 10.8. The van der Waals surface area contributed by atoms with Gasteiger partial charge in [-0.25, -0.2) is 4.79 Å². The number of carbonyl (C=O) groups is 1. The molecule has 0 unspecified atom stereocenters. The first-order chi connectivity index (χ1) is 11.0. The smallest absolute Gasteiger partial charge is 0.343 e. The van der Waals surface area contributed by atoms with Crippen molar-refractivity contribution in [2.24, 2.45) is 5.92 Å². The summed E-state index contributed by atoms with van der Waals surface area (Å²) in [7, 11) is 1.68. The van der Waals surface area contributed by atoms with Crippen molar-refractivity contribution in [2.45, 2.75) is 31.3 Å². The molecule has 0 radical (unpaired) electrons. The lowest BCUT2D eigenvalue weighted by atomic mass is 9.77. The average Bonchev–Trinajstić information content (AvgIpc) is 2.74. The van der Waals surface area contributed by atoms with Crippen molar-refractivity contribution in [3.8, 4) is 0 Å². The van der Waals surface area contributed by atoms with Crippen LogP contribution >= 0.6 is 23.2 Å². The summed E-state index contributed by atoms with van der Waals surface area (Å²) in [6.07, 6.45) is 2.86. The van der Waals surface area contributed by atoms with Gasteiger partial charge in [0.2, 0.25) is 0 Å². The number of aliphatic hydroxyl groups excluding tert-OH is 1. The van der Waals surface area contributed by atoms with Crippen LogP contribution < -0.4 is 0 Å². The minimum Gasteiger partial charge on any atom is -0.507 e. The van der Waals surface area contributed by atoms with E-state index in [4.69, 9.17) is 32.7 Å². The van der Waals surface area contributed by atoms with Gasteiger partial charge in [-0.1, -0.05) is 29.3 Å². The van der Waals surface area contributed by atoms with Crippen LogP contribution in [0.4, 0.5) is 0 Å². The van der Waals surface area contributed by atoms with E-state index in [0.29, 0.717) is 41.0 Å². The fourth-order valence-corrected chi connectivity index (χ4v) is 3.92. The minimum atomic E-state index is -0.917. The van der Waals surface area contributed by atoms with Crippen LogP contribution in [-0.4, -0.2) is 30.4 Å². The number of aliphatic hydroxyl groups is 1. The van der Waals surface area contributed by atoms with Crippen LogP contribution in [0.25, 0.3) is 5.57 Å². The first kappa shape index (κ1) is 16.6. The van der Waals surface area contributed by atoms with E-state index in [-0.39, 0.29) is 11.3 Å². The van der Waals surface area contributed by atoms with Gasteiger partial charge in [-0.3, -0.25) is 0 Å². The Morgan fingerprint density at radius 1 is 1.35 bits per heavy atom. The van der Waals surface area contributed by atoms with Gasteiger partial charge in [-0.2, -0.15) is 0 Å². The highest BCUT2D eigenvalue weighted by atomic mass is 35.5. The van der Waals surface area contributed by atoms with Gasteiger partial charge in [0.1, 0.15) is 5.57 Å². The Balaban J connectivity index is 1.92. The zero-order valence-electron chi connectivity index (χ0n) is 12.8. The molecule has 1 aromatic carbocycles. The summed E-state index contributed by atoms with van der Waals surface area (Å²) in [4.78, 5) is 12.3. The number of rotatable bonds is 3. The zero-order chi connectivity index (χ0) is 16.6. The second-order valence-corrected chi connectivity index (χ2v) is 6.97. The van der Waals surface area contributed by atoms with Crippen LogP contribution in [0.5, 0.6) is 0 Å². The quantitative estimate of drug-likeness (QED) is 0.815. The molecule has 0 aromatic heterocycles. The highest BCUT2D eigenvalue weighted by Crippen LogP contribution is 2.47. The molecule has 3 rings (SSSR count). The highest BCUT2D eigenvalue weighted by Gasteiger charge is 2.50. The number of carbonyl (C=O) groups excluding carboxylic acids is 1. The molecule has 0 amide bonds. The molecule has 2 aliphatic rings. The summed E-state index contributed by atoms with van der Waals surface area (Å²) in [6.45, 7) is 0.685. The van der Waals surface area contributed by atoms with E-state index in [9.17, 15) is 9.90 Å². The summed E-state index contributed by atoms with van der Waals surface area (Å²) in [5, 5.41) is 11.5. The molecule has 0 bridgehead atoms. The van der Waals surface area contributed by atoms with Crippen LogP contribution in [0.15, 0.2) is 24.0 Å². The molecule has 1 aromatic rings. The molecular formula is C17H18Cl2O4. The number of hydrogen-bond donors (Lipinski definition) is 1.